The second kappa shape index (κ2) is 8.79. The van der Waals surface area contributed by atoms with Gasteiger partial charge in [0.1, 0.15) is 6.04 Å². The quantitative estimate of drug-likeness (QED) is 0.630. The van der Waals surface area contributed by atoms with Crippen molar-refractivity contribution >= 4 is 12.0 Å². The molecule has 2 atom stereocenters. The molecule has 0 aromatic rings. The molecule has 20 heavy (non-hydrogen) atoms. The number of carbonyl (C=O) groups excluding carboxylic acids is 1. The zero-order chi connectivity index (χ0) is 15.9. The van der Waals surface area contributed by atoms with Gasteiger partial charge >= 0.3 is 12.0 Å². The number of hydrogen-bond acceptors (Lipinski definition) is 3. The molecule has 0 aliphatic heterocycles. The Bertz CT molecular complexity index is 317. The number of carbonyl (C=O) groups is 2. The summed E-state index contributed by atoms with van der Waals surface area (Å²) in [5.41, 5.74) is 0. The van der Waals surface area contributed by atoms with E-state index in [4.69, 9.17) is 5.11 Å². The van der Waals surface area contributed by atoms with Crippen molar-refractivity contribution in [1.82, 2.24) is 15.5 Å². The van der Waals surface area contributed by atoms with Gasteiger partial charge in [0.05, 0.1) is 0 Å². The summed E-state index contributed by atoms with van der Waals surface area (Å²) in [5.74, 6) is -0.516. The first-order chi connectivity index (χ1) is 9.13. The van der Waals surface area contributed by atoms with Gasteiger partial charge in [-0.15, -0.1) is 0 Å². The Labute approximate surface area is 121 Å². The van der Waals surface area contributed by atoms with Crippen molar-refractivity contribution in [2.45, 2.75) is 46.2 Å². The van der Waals surface area contributed by atoms with Crippen LogP contribution < -0.4 is 10.6 Å². The number of nitrogens with one attached hydrogen (secondary N) is 2. The first-order valence-electron chi connectivity index (χ1n) is 7.08. The molecule has 2 amide bonds. The van der Waals surface area contributed by atoms with Crippen molar-refractivity contribution in [2.75, 3.05) is 20.6 Å². The number of amides is 2. The van der Waals surface area contributed by atoms with E-state index in [2.05, 4.69) is 10.6 Å². The van der Waals surface area contributed by atoms with Crippen LogP contribution in [0.25, 0.3) is 0 Å². The molecule has 0 spiro atoms. The predicted octanol–water partition coefficient (Wildman–Crippen LogP) is 1.37. The predicted molar refractivity (Wildman–Crippen MR) is 79.7 cm³/mol. The summed E-state index contributed by atoms with van der Waals surface area (Å²) in [6.07, 6.45) is 0.419. The van der Waals surface area contributed by atoms with Crippen LogP contribution in [0, 0.1) is 11.8 Å². The first-order valence-corrected chi connectivity index (χ1v) is 7.08. The molecule has 0 bridgehead atoms. The third-order valence-electron chi connectivity index (χ3n) is 2.99. The minimum Gasteiger partial charge on any atom is -0.480 e. The maximum absolute atomic E-state index is 11.9. The lowest BCUT2D eigenvalue weighted by Gasteiger charge is -2.26. The molecule has 6 heteroatoms. The standard InChI is InChI=1S/C14H29N3O3/c1-9(2)7-11(13(18)19)15-14(20)16-12(10(3)4)8-17(5)6/h9-12H,7-8H2,1-6H3,(H,18,19)(H2,15,16,20)/t11-,12?/m0/s1. The normalized spacial score (nSPS) is 14.4. The van der Waals surface area contributed by atoms with Crippen LogP contribution in [0.1, 0.15) is 34.1 Å². The second-order valence-corrected chi connectivity index (χ2v) is 6.25. The zero-order valence-electron chi connectivity index (χ0n) is 13.4. The van der Waals surface area contributed by atoms with Crippen molar-refractivity contribution in [3.63, 3.8) is 0 Å². The average molecular weight is 287 g/mol. The second-order valence-electron chi connectivity index (χ2n) is 6.25. The molecular weight excluding hydrogens is 258 g/mol. The molecule has 118 valence electrons. The lowest BCUT2D eigenvalue weighted by Crippen LogP contribution is -2.52. The highest BCUT2D eigenvalue weighted by atomic mass is 16.4. The van der Waals surface area contributed by atoms with Crippen molar-refractivity contribution in [1.29, 1.82) is 0 Å². The molecule has 0 saturated heterocycles. The summed E-state index contributed by atoms with van der Waals surface area (Å²) >= 11 is 0. The van der Waals surface area contributed by atoms with Crippen molar-refractivity contribution in [3.05, 3.63) is 0 Å². The monoisotopic (exact) mass is 287 g/mol. The number of likely N-dealkylation sites (N-methyl/N-ethyl adjacent to an activating group) is 1. The molecule has 0 aliphatic rings. The molecule has 6 nitrogen and oxygen atoms in total. The van der Waals surface area contributed by atoms with E-state index in [0.717, 1.165) is 0 Å². The van der Waals surface area contributed by atoms with Crippen LogP contribution in [0.4, 0.5) is 4.79 Å². The van der Waals surface area contributed by atoms with Crippen LogP contribution in [0.2, 0.25) is 0 Å². The smallest absolute Gasteiger partial charge is 0.326 e. The Hall–Kier alpha value is -1.30. The Morgan fingerprint density at radius 2 is 1.65 bits per heavy atom. The SMILES string of the molecule is CC(C)C[C@H](NC(=O)NC(CN(C)C)C(C)C)C(=O)O. The van der Waals surface area contributed by atoms with Crippen LogP contribution in [0.5, 0.6) is 0 Å². The van der Waals surface area contributed by atoms with Gasteiger partial charge in [-0.1, -0.05) is 27.7 Å². The molecule has 0 aliphatic carbocycles. The number of aliphatic carboxylic acids is 1. The fourth-order valence-corrected chi connectivity index (χ4v) is 1.88. The lowest BCUT2D eigenvalue weighted by molar-refractivity contribution is -0.139. The van der Waals surface area contributed by atoms with Gasteiger partial charge in [-0.05, 0) is 32.4 Å². The maximum atomic E-state index is 11.9. The average Bonchev–Trinajstić information content (AvgIpc) is 2.25. The number of rotatable bonds is 8. The van der Waals surface area contributed by atoms with Crippen LogP contribution in [-0.2, 0) is 4.79 Å². The number of carboxylic acids is 1. The summed E-state index contributed by atoms with van der Waals surface area (Å²) in [7, 11) is 3.88. The van der Waals surface area contributed by atoms with E-state index in [-0.39, 0.29) is 17.9 Å². The summed E-state index contributed by atoms with van der Waals surface area (Å²) in [6.45, 7) is 8.62. The van der Waals surface area contributed by atoms with E-state index < -0.39 is 18.0 Å². The molecule has 0 saturated carbocycles. The molecule has 0 aromatic heterocycles. The Kier molecular flexibility index (Phi) is 8.22. The van der Waals surface area contributed by atoms with E-state index in [0.29, 0.717) is 13.0 Å². The molecule has 3 N–H and O–H groups in total. The summed E-state index contributed by atoms with van der Waals surface area (Å²) in [5, 5.41) is 14.5. The van der Waals surface area contributed by atoms with E-state index in [9.17, 15) is 9.59 Å². The largest absolute Gasteiger partial charge is 0.480 e. The molecule has 0 fully saturated rings. The van der Waals surface area contributed by atoms with Gasteiger partial charge in [0.25, 0.3) is 0 Å². The summed E-state index contributed by atoms with van der Waals surface area (Å²) in [6, 6.07) is -1.28. The van der Waals surface area contributed by atoms with Gasteiger partial charge in [-0.2, -0.15) is 0 Å². The fraction of sp³-hybridized carbons (Fsp3) is 0.857. The Morgan fingerprint density at radius 3 is 2.00 bits per heavy atom. The zero-order valence-corrected chi connectivity index (χ0v) is 13.4. The van der Waals surface area contributed by atoms with Crippen LogP contribution >= 0.6 is 0 Å². The third kappa shape index (κ3) is 7.99. The molecular formula is C14H29N3O3. The molecule has 0 rings (SSSR count). The number of urea groups is 1. The van der Waals surface area contributed by atoms with Crippen molar-refractivity contribution < 1.29 is 14.7 Å². The van der Waals surface area contributed by atoms with Crippen LogP contribution in [0.15, 0.2) is 0 Å². The Balaban J connectivity index is 4.52. The van der Waals surface area contributed by atoms with Gasteiger partial charge in [0, 0.05) is 12.6 Å². The highest BCUT2D eigenvalue weighted by Gasteiger charge is 2.23. The topological polar surface area (TPSA) is 81.7 Å². The minimum absolute atomic E-state index is 0.0153. The summed E-state index contributed by atoms with van der Waals surface area (Å²) in [4.78, 5) is 25.0. The molecule has 0 radical (unpaired) electrons. The van der Waals surface area contributed by atoms with Gasteiger partial charge in [0.2, 0.25) is 0 Å². The van der Waals surface area contributed by atoms with Gasteiger partial charge in [-0.25, -0.2) is 9.59 Å². The van der Waals surface area contributed by atoms with Crippen molar-refractivity contribution in [3.8, 4) is 0 Å². The minimum atomic E-state index is -0.998. The number of hydrogen-bond donors (Lipinski definition) is 3. The maximum Gasteiger partial charge on any atom is 0.326 e. The van der Waals surface area contributed by atoms with E-state index >= 15 is 0 Å². The van der Waals surface area contributed by atoms with E-state index in [1.807, 2.05) is 46.7 Å². The van der Waals surface area contributed by atoms with Gasteiger partial charge in [-0.3, -0.25) is 0 Å². The lowest BCUT2D eigenvalue weighted by atomic mass is 10.0. The van der Waals surface area contributed by atoms with Gasteiger partial charge in [0.15, 0.2) is 0 Å². The van der Waals surface area contributed by atoms with Gasteiger partial charge < -0.3 is 20.6 Å². The number of nitrogens with zero attached hydrogens (tertiary/aromatic N) is 1. The summed E-state index contributed by atoms with van der Waals surface area (Å²) < 4.78 is 0. The first kappa shape index (κ1) is 18.7. The molecule has 1 unspecified atom stereocenters. The van der Waals surface area contributed by atoms with Crippen molar-refractivity contribution in [2.24, 2.45) is 11.8 Å². The Morgan fingerprint density at radius 1 is 1.10 bits per heavy atom. The van der Waals surface area contributed by atoms with Crippen LogP contribution in [-0.4, -0.2) is 54.7 Å². The number of carboxylic acid groups (broad SMARTS) is 1. The highest BCUT2D eigenvalue weighted by molar-refractivity contribution is 5.82. The molecule has 0 heterocycles. The molecule has 0 aromatic carbocycles. The highest BCUT2D eigenvalue weighted by Crippen LogP contribution is 2.06. The van der Waals surface area contributed by atoms with Crippen LogP contribution in [0.3, 0.4) is 0 Å². The third-order valence-corrected chi connectivity index (χ3v) is 2.99. The fourth-order valence-electron chi connectivity index (χ4n) is 1.88. The van der Waals surface area contributed by atoms with E-state index in [1.54, 1.807) is 0 Å². The van der Waals surface area contributed by atoms with E-state index in [1.165, 1.54) is 0 Å².